The first-order valence-corrected chi connectivity index (χ1v) is 4.96. The van der Waals surface area contributed by atoms with E-state index in [4.69, 9.17) is 5.11 Å². The highest BCUT2D eigenvalue weighted by Crippen LogP contribution is 2.47. The van der Waals surface area contributed by atoms with Crippen molar-refractivity contribution in [1.82, 2.24) is 5.32 Å². The number of aliphatic hydroxyl groups excluding tert-OH is 1. The molecule has 2 heteroatoms. The molecule has 0 heterocycles. The van der Waals surface area contributed by atoms with E-state index in [1.165, 1.54) is 12.8 Å². The molecule has 1 aliphatic rings. The van der Waals surface area contributed by atoms with E-state index < -0.39 is 0 Å². The monoisotopic (exact) mass is 171 g/mol. The summed E-state index contributed by atoms with van der Waals surface area (Å²) in [5.74, 6) is 0. The lowest BCUT2D eigenvalue weighted by atomic mass is 10.0. The minimum absolute atomic E-state index is 0.170. The zero-order valence-electron chi connectivity index (χ0n) is 8.43. The highest BCUT2D eigenvalue weighted by Gasteiger charge is 2.41. The number of aliphatic hydroxyl groups is 1. The summed E-state index contributed by atoms with van der Waals surface area (Å²) in [6, 6.07) is 0.608. The van der Waals surface area contributed by atoms with Gasteiger partial charge in [0.25, 0.3) is 0 Å². The van der Waals surface area contributed by atoms with Crippen molar-refractivity contribution in [2.75, 3.05) is 6.54 Å². The Morgan fingerprint density at radius 1 is 1.42 bits per heavy atom. The van der Waals surface area contributed by atoms with Gasteiger partial charge in [-0.2, -0.15) is 0 Å². The molecule has 2 nitrogen and oxygen atoms in total. The fourth-order valence-electron chi connectivity index (χ4n) is 1.39. The van der Waals surface area contributed by atoms with Crippen LogP contribution in [0.3, 0.4) is 0 Å². The normalized spacial score (nSPS) is 25.0. The van der Waals surface area contributed by atoms with Crippen LogP contribution in [0, 0.1) is 5.41 Å². The van der Waals surface area contributed by atoms with Crippen molar-refractivity contribution in [1.29, 1.82) is 0 Å². The molecule has 0 aromatic rings. The Morgan fingerprint density at radius 2 is 2.00 bits per heavy atom. The second-order valence-corrected chi connectivity index (χ2v) is 4.47. The van der Waals surface area contributed by atoms with Gasteiger partial charge in [-0.3, -0.25) is 0 Å². The van der Waals surface area contributed by atoms with Gasteiger partial charge in [0.1, 0.15) is 0 Å². The van der Waals surface area contributed by atoms with Gasteiger partial charge in [-0.1, -0.05) is 6.92 Å². The van der Waals surface area contributed by atoms with Gasteiger partial charge in [0.15, 0.2) is 0 Å². The van der Waals surface area contributed by atoms with Crippen LogP contribution in [0.4, 0.5) is 0 Å². The van der Waals surface area contributed by atoms with E-state index in [1.807, 2.05) is 6.92 Å². The van der Waals surface area contributed by atoms with Crippen LogP contribution in [0.25, 0.3) is 0 Å². The third-order valence-electron chi connectivity index (χ3n) is 3.10. The average molecular weight is 171 g/mol. The SMILES string of the molecule is CC(O)CCNC(C)C1(C)CC1. The Bertz CT molecular complexity index is 141. The first-order valence-electron chi connectivity index (χ1n) is 4.96. The summed E-state index contributed by atoms with van der Waals surface area (Å²) in [4.78, 5) is 0. The van der Waals surface area contributed by atoms with Gasteiger partial charge < -0.3 is 10.4 Å². The lowest BCUT2D eigenvalue weighted by Gasteiger charge is -2.20. The molecule has 0 radical (unpaired) electrons. The van der Waals surface area contributed by atoms with Crippen LogP contribution < -0.4 is 5.32 Å². The minimum Gasteiger partial charge on any atom is -0.393 e. The largest absolute Gasteiger partial charge is 0.393 e. The van der Waals surface area contributed by atoms with Gasteiger partial charge in [-0.05, 0) is 45.1 Å². The summed E-state index contributed by atoms with van der Waals surface area (Å²) in [5, 5.41) is 12.5. The van der Waals surface area contributed by atoms with Gasteiger partial charge in [0, 0.05) is 6.04 Å². The molecule has 1 aliphatic carbocycles. The van der Waals surface area contributed by atoms with Crippen molar-refractivity contribution in [2.24, 2.45) is 5.41 Å². The second-order valence-electron chi connectivity index (χ2n) is 4.47. The van der Waals surface area contributed by atoms with Crippen molar-refractivity contribution in [3.8, 4) is 0 Å². The third kappa shape index (κ3) is 2.76. The van der Waals surface area contributed by atoms with Gasteiger partial charge in [-0.15, -0.1) is 0 Å². The molecule has 0 aromatic heterocycles. The van der Waals surface area contributed by atoms with Crippen LogP contribution in [0.1, 0.15) is 40.0 Å². The standard InChI is InChI=1S/C10H21NO/c1-8(12)4-7-11-9(2)10(3)5-6-10/h8-9,11-12H,4-7H2,1-3H3. The summed E-state index contributed by atoms with van der Waals surface area (Å²) in [7, 11) is 0. The minimum atomic E-state index is -0.170. The quantitative estimate of drug-likeness (QED) is 0.657. The maximum Gasteiger partial charge on any atom is 0.0524 e. The van der Waals surface area contributed by atoms with E-state index in [0.717, 1.165) is 13.0 Å². The second kappa shape index (κ2) is 3.75. The van der Waals surface area contributed by atoms with Gasteiger partial charge in [-0.25, -0.2) is 0 Å². The fourth-order valence-corrected chi connectivity index (χ4v) is 1.39. The molecule has 2 N–H and O–H groups in total. The van der Waals surface area contributed by atoms with Crippen LogP contribution in [0.2, 0.25) is 0 Å². The number of hydrogen-bond donors (Lipinski definition) is 2. The van der Waals surface area contributed by atoms with E-state index in [9.17, 15) is 0 Å². The van der Waals surface area contributed by atoms with Gasteiger partial charge in [0.2, 0.25) is 0 Å². The Balaban J connectivity index is 2.07. The maximum absolute atomic E-state index is 9.04. The van der Waals surface area contributed by atoms with Crippen molar-refractivity contribution >= 4 is 0 Å². The predicted molar refractivity (Wildman–Crippen MR) is 51.1 cm³/mol. The van der Waals surface area contributed by atoms with Crippen LogP contribution in [0.15, 0.2) is 0 Å². The average Bonchev–Trinajstić information content (AvgIpc) is 2.68. The van der Waals surface area contributed by atoms with Crippen molar-refractivity contribution in [2.45, 2.75) is 52.2 Å². The Kier molecular flexibility index (Phi) is 3.13. The van der Waals surface area contributed by atoms with Gasteiger partial charge in [0.05, 0.1) is 6.10 Å². The van der Waals surface area contributed by atoms with E-state index >= 15 is 0 Å². The van der Waals surface area contributed by atoms with Gasteiger partial charge >= 0.3 is 0 Å². The molecule has 12 heavy (non-hydrogen) atoms. The van der Waals surface area contributed by atoms with Crippen LogP contribution in [-0.2, 0) is 0 Å². The molecule has 1 rings (SSSR count). The summed E-state index contributed by atoms with van der Waals surface area (Å²) in [6.07, 6.45) is 3.41. The number of hydrogen-bond acceptors (Lipinski definition) is 2. The van der Waals surface area contributed by atoms with Crippen LogP contribution >= 0.6 is 0 Å². The van der Waals surface area contributed by atoms with Crippen molar-refractivity contribution in [3.63, 3.8) is 0 Å². The highest BCUT2D eigenvalue weighted by molar-refractivity contribution is 4.96. The lowest BCUT2D eigenvalue weighted by molar-refractivity contribution is 0.180. The zero-order chi connectivity index (χ0) is 9.19. The Morgan fingerprint density at radius 3 is 2.42 bits per heavy atom. The van der Waals surface area contributed by atoms with Crippen molar-refractivity contribution < 1.29 is 5.11 Å². The lowest BCUT2D eigenvalue weighted by Crippen LogP contribution is -2.34. The topological polar surface area (TPSA) is 32.3 Å². The van der Waals surface area contributed by atoms with E-state index in [0.29, 0.717) is 11.5 Å². The maximum atomic E-state index is 9.04. The number of nitrogens with one attached hydrogen (secondary N) is 1. The predicted octanol–water partition coefficient (Wildman–Crippen LogP) is 1.54. The van der Waals surface area contributed by atoms with Crippen molar-refractivity contribution in [3.05, 3.63) is 0 Å². The van der Waals surface area contributed by atoms with E-state index in [1.54, 1.807) is 0 Å². The Hall–Kier alpha value is -0.0800. The molecule has 0 amide bonds. The molecule has 0 saturated heterocycles. The highest BCUT2D eigenvalue weighted by atomic mass is 16.3. The molecule has 0 aromatic carbocycles. The molecule has 72 valence electrons. The molecular formula is C10H21NO. The zero-order valence-corrected chi connectivity index (χ0v) is 8.43. The summed E-state index contributed by atoms with van der Waals surface area (Å²) >= 11 is 0. The summed E-state index contributed by atoms with van der Waals surface area (Å²) in [6.45, 7) is 7.35. The summed E-state index contributed by atoms with van der Waals surface area (Å²) < 4.78 is 0. The molecule has 0 spiro atoms. The molecule has 1 saturated carbocycles. The smallest absolute Gasteiger partial charge is 0.0524 e. The summed E-state index contributed by atoms with van der Waals surface area (Å²) in [5.41, 5.74) is 0.554. The first-order chi connectivity index (χ1) is 5.54. The van der Waals surface area contributed by atoms with Crippen LogP contribution in [0.5, 0.6) is 0 Å². The Labute approximate surface area is 75.4 Å². The molecule has 0 aliphatic heterocycles. The van der Waals surface area contributed by atoms with Crippen LogP contribution in [-0.4, -0.2) is 23.8 Å². The molecule has 0 bridgehead atoms. The third-order valence-corrected chi connectivity index (χ3v) is 3.10. The molecule has 2 unspecified atom stereocenters. The fraction of sp³-hybridized carbons (Fsp3) is 1.00. The number of rotatable bonds is 5. The molecule has 1 fully saturated rings. The van der Waals surface area contributed by atoms with E-state index in [-0.39, 0.29) is 6.10 Å². The molecule has 2 atom stereocenters. The first kappa shape index (κ1) is 10.0. The molecular weight excluding hydrogens is 150 g/mol. The van der Waals surface area contributed by atoms with E-state index in [2.05, 4.69) is 19.2 Å².